The topological polar surface area (TPSA) is 29.3 Å². The van der Waals surface area contributed by atoms with Crippen LogP contribution in [0.4, 0.5) is 8.78 Å². The van der Waals surface area contributed by atoms with Gasteiger partial charge in [-0.15, -0.1) is 0 Å². The SMILES string of the molecule is NCCCN1CCC(C(F)F)CC1. The first-order chi connectivity index (χ1) is 6.24. The number of likely N-dealkylation sites (tertiary alicyclic amines) is 1. The van der Waals surface area contributed by atoms with Gasteiger partial charge >= 0.3 is 0 Å². The minimum absolute atomic E-state index is 0.367. The highest BCUT2D eigenvalue weighted by atomic mass is 19.3. The molecule has 0 atom stereocenters. The van der Waals surface area contributed by atoms with E-state index in [1.54, 1.807) is 0 Å². The molecule has 2 nitrogen and oxygen atoms in total. The van der Waals surface area contributed by atoms with Crippen molar-refractivity contribution in [3.63, 3.8) is 0 Å². The van der Waals surface area contributed by atoms with Gasteiger partial charge in [-0.1, -0.05) is 0 Å². The summed E-state index contributed by atoms with van der Waals surface area (Å²) in [6.07, 6.45) is 0.126. The molecule has 0 amide bonds. The van der Waals surface area contributed by atoms with E-state index in [2.05, 4.69) is 4.90 Å². The molecule has 0 spiro atoms. The summed E-state index contributed by atoms with van der Waals surface area (Å²) in [5, 5.41) is 0. The average Bonchev–Trinajstić information content (AvgIpc) is 2.15. The number of hydrogen-bond acceptors (Lipinski definition) is 2. The first kappa shape index (κ1) is 10.9. The van der Waals surface area contributed by atoms with Gasteiger partial charge < -0.3 is 10.6 Å². The molecule has 1 fully saturated rings. The number of piperidine rings is 1. The van der Waals surface area contributed by atoms with Gasteiger partial charge in [0.05, 0.1) is 0 Å². The molecule has 1 heterocycles. The van der Waals surface area contributed by atoms with Crippen LogP contribution in [-0.4, -0.2) is 37.5 Å². The Bertz CT molecular complexity index is 134. The molecule has 0 aliphatic carbocycles. The monoisotopic (exact) mass is 192 g/mol. The predicted octanol–water partition coefficient (Wildman–Crippen LogP) is 1.31. The van der Waals surface area contributed by atoms with E-state index in [0.29, 0.717) is 19.4 Å². The van der Waals surface area contributed by atoms with E-state index in [1.807, 2.05) is 0 Å². The fourth-order valence-corrected chi connectivity index (χ4v) is 1.74. The van der Waals surface area contributed by atoms with E-state index in [4.69, 9.17) is 5.73 Å². The van der Waals surface area contributed by atoms with Crippen LogP contribution < -0.4 is 5.73 Å². The number of rotatable bonds is 4. The zero-order valence-corrected chi connectivity index (χ0v) is 7.88. The third-order valence-corrected chi connectivity index (χ3v) is 2.67. The smallest absolute Gasteiger partial charge is 0.241 e. The highest BCUT2D eigenvalue weighted by Crippen LogP contribution is 2.23. The van der Waals surface area contributed by atoms with Gasteiger partial charge in [-0.05, 0) is 45.4 Å². The summed E-state index contributed by atoms with van der Waals surface area (Å²) in [5.74, 6) is -0.367. The van der Waals surface area contributed by atoms with Crippen LogP contribution in [0, 0.1) is 5.92 Å². The molecule has 1 aliphatic rings. The molecule has 2 N–H and O–H groups in total. The van der Waals surface area contributed by atoms with E-state index in [-0.39, 0.29) is 5.92 Å². The van der Waals surface area contributed by atoms with Crippen LogP contribution in [0.1, 0.15) is 19.3 Å². The lowest BCUT2D eigenvalue weighted by atomic mass is 9.97. The van der Waals surface area contributed by atoms with Crippen molar-refractivity contribution in [1.82, 2.24) is 4.90 Å². The van der Waals surface area contributed by atoms with Crippen molar-refractivity contribution in [3.8, 4) is 0 Å². The third kappa shape index (κ3) is 3.56. The third-order valence-electron chi connectivity index (χ3n) is 2.67. The molecule has 13 heavy (non-hydrogen) atoms. The van der Waals surface area contributed by atoms with Gasteiger partial charge in [0, 0.05) is 5.92 Å². The molecule has 0 aromatic heterocycles. The number of alkyl halides is 2. The number of nitrogens with zero attached hydrogens (tertiary/aromatic N) is 1. The average molecular weight is 192 g/mol. The maximum atomic E-state index is 12.3. The van der Waals surface area contributed by atoms with E-state index >= 15 is 0 Å². The van der Waals surface area contributed by atoms with Crippen LogP contribution in [0.5, 0.6) is 0 Å². The molecule has 0 aromatic rings. The van der Waals surface area contributed by atoms with Gasteiger partial charge in [-0.25, -0.2) is 8.78 Å². The predicted molar refractivity (Wildman–Crippen MR) is 48.8 cm³/mol. The summed E-state index contributed by atoms with van der Waals surface area (Å²) in [4.78, 5) is 2.23. The molecule has 4 heteroatoms. The van der Waals surface area contributed by atoms with Crippen molar-refractivity contribution in [2.75, 3.05) is 26.2 Å². The Balaban J connectivity index is 2.15. The number of halogens is 2. The Morgan fingerprint density at radius 3 is 2.38 bits per heavy atom. The molecule has 1 saturated heterocycles. The normalized spacial score (nSPS) is 21.2. The highest BCUT2D eigenvalue weighted by molar-refractivity contribution is 4.73. The Kier molecular flexibility index (Phi) is 4.59. The van der Waals surface area contributed by atoms with Crippen LogP contribution >= 0.6 is 0 Å². The fraction of sp³-hybridized carbons (Fsp3) is 1.00. The lowest BCUT2D eigenvalue weighted by Crippen LogP contribution is -2.37. The van der Waals surface area contributed by atoms with Crippen molar-refractivity contribution in [2.45, 2.75) is 25.7 Å². The molecule has 78 valence electrons. The summed E-state index contributed by atoms with van der Waals surface area (Å²) in [5.41, 5.74) is 5.37. The number of nitrogens with two attached hydrogens (primary N) is 1. The van der Waals surface area contributed by atoms with E-state index in [0.717, 1.165) is 26.1 Å². The minimum atomic E-state index is -2.13. The van der Waals surface area contributed by atoms with Crippen molar-refractivity contribution in [2.24, 2.45) is 11.7 Å². The Morgan fingerprint density at radius 1 is 1.31 bits per heavy atom. The molecule has 1 rings (SSSR count). The van der Waals surface area contributed by atoms with Crippen LogP contribution in [0.2, 0.25) is 0 Å². The fourth-order valence-electron chi connectivity index (χ4n) is 1.74. The largest absolute Gasteiger partial charge is 0.330 e. The van der Waals surface area contributed by atoms with Gasteiger partial charge in [0.2, 0.25) is 6.43 Å². The molecule has 0 bridgehead atoms. The Morgan fingerprint density at radius 2 is 1.92 bits per heavy atom. The van der Waals surface area contributed by atoms with Crippen LogP contribution in [0.3, 0.4) is 0 Å². The molecule has 0 aromatic carbocycles. The van der Waals surface area contributed by atoms with Crippen molar-refractivity contribution < 1.29 is 8.78 Å². The summed E-state index contributed by atoms with van der Waals surface area (Å²) in [6.45, 7) is 3.28. The molecular weight excluding hydrogens is 174 g/mol. The maximum absolute atomic E-state index is 12.3. The van der Waals surface area contributed by atoms with Crippen molar-refractivity contribution >= 4 is 0 Å². The second-order valence-electron chi connectivity index (χ2n) is 3.66. The van der Waals surface area contributed by atoms with Crippen LogP contribution in [-0.2, 0) is 0 Å². The molecule has 0 saturated carbocycles. The Labute approximate surface area is 78.1 Å². The van der Waals surface area contributed by atoms with Gasteiger partial charge in [0.25, 0.3) is 0 Å². The van der Waals surface area contributed by atoms with E-state index in [9.17, 15) is 8.78 Å². The quantitative estimate of drug-likeness (QED) is 0.727. The lowest BCUT2D eigenvalue weighted by molar-refractivity contribution is 0.0352. The first-order valence-electron chi connectivity index (χ1n) is 4.94. The van der Waals surface area contributed by atoms with Gasteiger partial charge in [0.15, 0.2) is 0 Å². The summed E-state index contributed by atoms with van der Waals surface area (Å²) in [6, 6.07) is 0. The minimum Gasteiger partial charge on any atom is -0.330 e. The van der Waals surface area contributed by atoms with Gasteiger partial charge in [-0.3, -0.25) is 0 Å². The zero-order chi connectivity index (χ0) is 9.68. The van der Waals surface area contributed by atoms with Gasteiger partial charge in [0.1, 0.15) is 0 Å². The first-order valence-corrected chi connectivity index (χ1v) is 4.94. The van der Waals surface area contributed by atoms with Crippen LogP contribution in [0.25, 0.3) is 0 Å². The van der Waals surface area contributed by atoms with Crippen LogP contribution in [0.15, 0.2) is 0 Å². The molecule has 0 unspecified atom stereocenters. The summed E-state index contributed by atoms with van der Waals surface area (Å²) >= 11 is 0. The Hall–Kier alpha value is -0.220. The van der Waals surface area contributed by atoms with Crippen molar-refractivity contribution in [3.05, 3.63) is 0 Å². The van der Waals surface area contributed by atoms with E-state index < -0.39 is 6.43 Å². The van der Waals surface area contributed by atoms with E-state index in [1.165, 1.54) is 0 Å². The summed E-state index contributed by atoms with van der Waals surface area (Å²) in [7, 11) is 0. The lowest BCUT2D eigenvalue weighted by Gasteiger charge is -2.31. The molecule has 0 radical (unpaired) electrons. The molecular formula is C9H18F2N2. The van der Waals surface area contributed by atoms with Gasteiger partial charge in [-0.2, -0.15) is 0 Å². The standard InChI is InChI=1S/C9H18F2N2/c10-9(11)8-2-6-13(7-3-8)5-1-4-12/h8-9H,1-7,12H2. The summed E-state index contributed by atoms with van der Waals surface area (Å²) < 4.78 is 24.5. The second kappa shape index (κ2) is 5.50. The number of hydrogen-bond donors (Lipinski definition) is 1. The zero-order valence-electron chi connectivity index (χ0n) is 7.88. The highest BCUT2D eigenvalue weighted by Gasteiger charge is 2.25. The van der Waals surface area contributed by atoms with Crippen molar-refractivity contribution in [1.29, 1.82) is 0 Å². The second-order valence-corrected chi connectivity index (χ2v) is 3.66. The maximum Gasteiger partial charge on any atom is 0.241 e. The molecule has 1 aliphatic heterocycles.